The van der Waals surface area contributed by atoms with E-state index in [-0.39, 0.29) is 40.7 Å². The van der Waals surface area contributed by atoms with Crippen molar-refractivity contribution in [3.8, 4) is 33.9 Å². The lowest BCUT2D eigenvalue weighted by Crippen LogP contribution is -2.26. The van der Waals surface area contributed by atoms with Crippen molar-refractivity contribution in [1.29, 1.82) is 0 Å². The van der Waals surface area contributed by atoms with Crippen LogP contribution in [-0.2, 0) is 0 Å². The number of para-hydroxylation sites is 2. The number of aromatic carboxylic acids is 1. The minimum atomic E-state index is -1.11. The predicted octanol–water partition coefficient (Wildman–Crippen LogP) is 9.33. The molecule has 1 aliphatic carbocycles. The summed E-state index contributed by atoms with van der Waals surface area (Å²) < 4.78 is 61.2. The molecule has 0 saturated heterocycles. The Bertz CT molecular complexity index is 3520. The molecule has 1 amide bonds. The van der Waals surface area contributed by atoms with Crippen LogP contribution in [-0.4, -0.2) is 114 Å². The minimum absolute atomic E-state index is 0.00605. The van der Waals surface area contributed by atoms with Gasteiger partial charge in [-0.25, -0.2) is 32.3 Å². The van der Waals surface area contributed by atoms with Crippen molar-refractivity contribution < 1.29 is 32.3 Å². The second-order valence-corrected chi connectivity index (χ2v) is 18.2. The number of halogens is 4. The van der Waals surface area contributed by atoms with E-state index in [0.717, 1.165) is 98.4 Å². The fourth-order valence-corrected chi connectivity index (χ4v) is 8.85. The highest BCUT2D eigenvalue weighted by Crippen LogP contribution is 2.32. The van der Waals surface area contributed by atoms with E-state index in [1.165, 1.54) is 42.5 Å². The number of carboxylic acid groups (broad SMARTS) is 1. The second-order valence-electron chi connectivity index (χ2n) is 18.2. The second kappa shape index (κ2) is 25.0. The fourth-order valence-electron chi connectivity index (χ4n) is 8.85. The van der Waals surface area contributed by atoms with Crippen LogP contribution in [0.3, 0.4) is 0 Å². The van der Waals surface area contributed by atoms with E-state index in [1.54, 1.807) is 42.5 Å². The lowest BCUT2D eigenvalue weighted by Gasteiger charge is -2.18. The molecule has 0 atom stereocenters. The fraction of sp³-hybridized carbons (Fsp3) is 0.298. The van der Waals surface area contributed by atoms with Crippen molar-refractivity contribution >= 4 is 45.8 Å². The number of rotatable bonds is 21. The van der Waals surface area contributed by atoms with Crippen molar-refractivity contribution in [3.05, 3.63) is 164 Å². The molecule has 77 heavy (non-hydrogen) atoms. The van der Waals surface area contributed by atoms with Crippen LogP contribution in [0.1, 0.15) is 74.1 Å². The topological polar surface area (TPSA) is 192 Å². The molecule has 1 fully saturated rings. The van der Waals surface area contributed by atoms with E-state index >= 15 is 0 Å². The number of fused-ring (bicyclic) bond motifs is 2. The van der Waals surface area contributed by atoms with Gasteiger partial charge in [0.05, 0.1) is 17.0 Å². The van der Waals surface area contributed by atoms with Crippen LogP contribution in [0.4, 0.5) is 29.5 Å². The summed E-state index contributed by atoms with van der Waals surface area (Å²) in [7, 11) is 0. The highest BCUT2D eigenvalue weighted by atomic mass is 19.1. The molecule has 1 aliphatic rings. The maximum absolute atomic E-state index is 14.9. The van der Waals surface area contributed by atoms with Gasteiger partial charge in [0.25, 0.3) is 17.0 Å². The molecule has 16 nitrogen and oxygen atoms in total. The number of nitrogens with one attached hydrogen (secondary N) is 3. The van der Waals surface area contributed by atoms with Gasteiger partial charge in [0.1, 0.15) is 34.6 Å². The van der Waals surface area contributed by atoms with Gasteiger partial charge in [-0.05, 0) is 126 Å². The molecule has 0 aliphatic heterocycles. The molecule has 20 heteroatoms. The molecule has 9 rings (SSSR count). The zero-order valence-corrected chi connectivity index (χ0v) is 43.1. The number of nitrogens with zero attached hydrogens (tertiary/aromatic N) is 8. The van der Waals surface area contributed by atoms with Gasteiger partial charge in [-0.2, -0.15) is 9.97 Å². The number of aromatic nitrogens is 6. The number of pyridine rings is 2. The Morgan fingerprint density at radius 1 is 0.571 bits per heavy atom. The third-order valence-corrected chi connectivity index (χ3v) is 13.2. The minimum Gasteiger partial charge on any atom is -0.478 e. The Balaban J connectivity index is 0.000000204. The Morgan fingerprint density at radius 2 is 0.974 bits per heavy atom. The Morgan fingerprint density at radius 3 is 1.38 bits per heavy atom. The Hall–Kier alpha value is -8.36. The summed E-state index contributed by atoms with van der Waals surface area (Å²) in [4.78, 5) is 73.2. The number of carboxylic acids is 1. The quantitative estimate of drug-likeness (QED) is 0.0394. The highest BCUT2D eigenvalue weighted by molar-refractivity contribution is 5.98. The molecule has 4 N–H and O–H groups in total. The summed E-state index contributed by atoms with van der Waals surface area (Å²) in [5.74, 6) is -4.54. The van der Waals surface area contributed by atoms with Gasteiger partial charge in [0, 0.05) is 58.7 Å². The number of carbonyl (C=O) groups is 2. The van der Waals surface area contributed by atoms with Gasteiger partial charge in [0.2, 0.25) is 11.9 Å². The number of hydrogen-bond donors (Lipinski definition) is 4. The summed E-state index contributed by atoms with van der Waals surface area (Å²) in [6, 6.07) is 25.6. The van der Waals surface area contributed by atoms with Crippen LogP contribution in [0.2, 0.25) is 0 Å². The lowest BCUT2D eigenvalue weighted by atomic mass is 10.0. The summed E-state index contributed by atoms with van der Waals surface area (Å²) in [5.41, 5.74) is 0.0342. The average molecular weight is 1050 g/mol. The van der Waals surface area contributed by atoms with Gasteiger partial charge >= 0.3 is 5.97 Å². The molecule has 1 saturated carbocycles. The van der Waals surface area contributed by atoms with Crippen molar-refractivity contribution in [3.63, 3.8) is 0 Å². The number of hydrogen-bond acceptors (Lipinski definition) is 12. The third kappa shape index (κ3) is 12.8. The first kappa shape index (κ1) is 54.9. The largest absolute Gasteiger partial charge is 0.478 e. The summed E-state index contributed by atoms with van der Waals surface area (Å²) in [5, 5.41) is 19.6. The maximum atomic E-state index is 14.9. The molecule has 400 valence electrons. The zero-order valence-electron chi connectivity index (χ0n) is 43.1. The molecule has 0 spiro atoms. The van der Waals surface area contributed by atoms with Gasteiger partial charge in [-0.15, -0.1) is 0 Å². The van der Waals surface area contributed by atoms with Gasteiger partial charge in [0.15, 0.2) is 11.3 Å². The molecule has 4 heterocycles. The average Bonchev–Trinajstić information content (AvgIpc) is 4.28. The first-order valence-corrected chi connectivity index (χ1v) is 25.7. The van der Waals surface area contributed by atoms with Crippen molar-refractivity contribution in [1.82, 2.24) is 44.2 Å². The van der Waals surface area contributed by atoms with E-state index in [1.807, 2.05) is 0 Å². The number of carbonyl (C=O) groups excluding carboxylic acids is 1. The first-order valence-electron chi connectivity index (χ1n) is 25.7. The molecule has 0 bridgehead atoms. The lowest BCUT2D eigenvalue weighted by molar-refractivity contribution is 0.0696. The number of anilines is 2. The Labute approximate surface area is 441 Å². The molecule has 4 aromatic carbocycles. The van der Waals surface area contributed by atoms with E-state index < -0.39 is 51.7 Å². The molecule has 8 aromatic rings. The van der Waals surface area contributed by atoms with Gasteiger partial charge < -0.3 is 30.9 Å². The van der Waals surface area contributed by atoms with Gasteiger partial charge in [-0.1, -0.05) is 64.1 Å². The first-order chi connectivity index (χ1) is 37.2. The normalized spacial score (nSPS) is 12.2. The number of benzene rings is 4. The van der Waals surface area contributed by atoms with Gasteiger partial charge in [-0.3, -0.25) is 23.5 Å². The predicted molar refractivity (Wildman–Crippen MR) is 290 cm³/mol. The van der Waals surface area contributed by atoms with Crippen LogP contribution < -0.4 is 27.1 Å². The molecule has 0 radical (unpaired) electrons. The summed E-state index contributed by atoms with van der Waals surface area (Å²) in [6.07, 6.45) is 3.54. The van der Waals surface area contributed by atoms with Crippen molar-refractivity contribution in [2.75, 3.05) is 63.0 Å². The van der Waals surface area contributed by atoms with Crippen LogP contribution in [0, 0.1) is 23.3 Å². The molecular formula is C57H59F4N11O5. The standard InChI is InChI=1S/C30H32F2N6O2.C27H27F2N5O3/c1-3-37(4-2)17-7-16-33-30-35-26(19-8-5-9-20(18-19)29(40)34-21-12-13-21)22-14-15-25(39)38(28(22)36-30)27-23(31)10-6-11-24(27)32;1-3-33(4-2)15-7-14-30-27-31-23(17-8-5-9-18(16-17)26(36)37)19-12-13-22(35)34(25(19)32-27)24-20(28)10-6-11-21(24)29/h5-6,8-11,14-15,18,21H,3-4,7,12-13,16-17H2,1-2H3,(H,34,40)(H,33,35,36);5-6,8-13,16H,3-4,7,14-15H2,1-2H3,(H,36,37)(H,30,31,32). The van der Waals surface area contributed by atoms with Crippen LogP contribution in [0.25, 0.3) is 56.0 Å². The van der Waals surface area contributed by atoms with E-state index in [4.69, 9.17) is 4.98 Å². The maximum Gasteiger partial charge on any atom is 0.335 e. The SMILES string of the molecule is CCN(CC)CCCNc1nc(-c2cccc(C(=O)NC3CC3)c2)c2ccc(=O)n(-c3c(F)cccc3F)c2n1.CCN(CC)CCCNc1nc(-c2cccc(C(=O)O)c2)c2ccc(=O)n(-c3c(F)cccc3F)c2n1. The molecule has 0 unspecified atom stereocenters. The third-order valence-electron chi connectivity index (χ3n) is 13.2. The Kier molecular flexibility index (Phi) is 17.8. The van der Waals surface area contributed by atoms with Crippen molar-refractivity contribution in [2.45, 2.75) is 59.4 Å². The summed E-state index contributed by atoms with van der Waals surface area (Å²) >= 11 is 0. The number of amides is 1. The van der Waals surface area contributed by atoms with E-state index in [9.17, 15) is 41.8 Å². The zero-order chi connectivity index (χ0) is 54.8. The van der Waals surface area contributed by atoms with E-state index in [2.05, 4.69) is 68.4 Å². The van der Waals surface area contributed by atoms with Crippen LogP contribution in [0.15, 0.2) is 119 Å². The van der Waals surface area contributed by atoms with E-state index in [0.29, 0.717) is 51.9 Å². The molecular weight excluding hydrogens is 995 g/mol. The highest BCUT2D eigenvalue weighted by Gasteiger charge is 2.25. The van der Waals surface area contributed by atoms with Crippen molar-refractivity contribution in [2.24, 2.45) is 0 Å². The van der Waals surface area contributed by atoms with Crippen LogP contribution in [0.5, 0.6) is 0 Å². The molecule has 4 aromatic heterocycles. The smallest absolute Gasteiger partial charge is 0.335 e. The summed E-state index contributed by atoms with van der Waals surface area (Å²) in [6.45, 7) is 14.9. The monoisotopic (exact) mass is 1050 g/mol. The van der Waals surface area contributed by atoms with Crippen LogP contribution >= 0.6 is 0 Å².